The van der Waals surface area contributed by atoms with Gasteiger partial charge in [-0.25, -0.2) is 5.01 Å². The minimum Gasteiger partial charge on any atom is -0.379 e. The van der Waals surface area contributed by atoms with Crippen molar-refractivity contribution in [3.05, 3.63) is 0 Å². The topological polar surface area (TPSA) is 35.9 Å². The summed E-state index contributed by atoms with van der Waals surface area (Å²) >= 11 is 7.13. The molecule has 6 heteroatoms. The molecule has 0 bridgehead atoms. The molecule has 2 aliphatic heterocycles. The van der Waals surface area contributed by atoms with Crippen molar-refractivity contribution in [2.24, 2.45) is 0 Å². The molecular weight excluding hydrogens is 256 g/mol. The number of hydrazine groups is 1. The Balaban J connectivity index is 1.83. The summed E-state index contributed by atoms with van der Waals surface area (Å²) < 4.78 is 6.20. The summed E-state index contributed by atoms with van der Waals surface area (Å²) in [6.45, 7) is 3.11. The Kier molecular flexibility index (Phi) is 3.34. The van der Waals surface area contributed by atoms with Gasteiger partial charge in [0.2, 0.25) is 0 Å². The summed E-state index contributed by atoms with van der Waals surface area (Å²) in [6.07, 6.45) is 4.21. The van der Waals surface area contributed by atoms with Crippen LogP contribution in [0, 0.1) is 0 Å². The first kappa shape index (κ1) is 12.2. The second-order valence-corrected chi connectivity index (χ2v) is 6.71. The highest BCUT2D eigenvalue weighted by Gasteiger charge is 2.53. The van der Waals surface area contributed by atoms with E-state index in [9.17, 15) is 5.11 Å². The molecule has 0 amide bonds. The zero-order valence-corrected chi connectivity index (χ0v) is 11.4. The van der Waals surface area contributed by atoms with E-state index < -0.39 is 5.72 Å². The molecule has 2 unspecified atom stereocenters. The Morgan fingerprint density at radius 2 is 2.12 bits per heavy atom. The van der Waals surface area contributed by atoms with Crippen LogP contribution in [0.2, 0.25) is 0 Å². The first-order valence-corrected chi connectivity index (χ1v) is 7.56. The monoisotopic (exact) mass is 274 g/mol. The second kappa shape index (κ2) is 4.66. The van der Waals surface area contributed by atoms with Crippen LogP contribution in [-0.4, -0.2) is 56.7 Å². The lowest BCUT2D eigenvalue weighted by Crippen LogP contribution is -2.61. The average Bonchev–Trinajstić information content (AvgIpc) is 2.60. The van der Waals surface area contributed by atoms with Gasteiger partial charge in [0.05, 0.1) is 18.5 Å². The van der Waals surface area contributed by atoms with Crippen LogP contribution in [0.1, 0.15) is 25.7 Å². The molecule has 0 radical (unpaired) electrons. The van der Waals surface area contributed by atoms with Crippen molar-refractivity contribution in [3.8, 4) is 0 Å². The normalized spacial score (nSPS) is 39.5. The molecule has 1 saturated carbocycles. The van der Waals surface area contributed by atoms with Gasteiger partial charge < -0.3 is 9.84 Å². The van der Waals surface area contributed by atoms with Crippen molar-refractivity contribution in [1.82, 2.24) is 10.0 Å². The van der Waals surface area contributed by atoms with Gasteiger partial charge in [-0.1, -0.05) is 30.4 Å². The van der Waals surface area contributed by atoms with Crippen LogP contribution in [-0.2, 0) is 4.74 Å². The standard InChI is InChI=1S/C11H18N2O2S2/c14-11-4-2-1-3-9(11)17-10(16)13(11)12-5-7-15-8-6-12/h9,14H,1-8H2. The number of hydrogen-bond acceptors (Lipinski definition) is 5. The molecule has 1 aliphatic carbocycles. The fraction of sp³-hybridized carbons (Fsp3) is 0.909. The lowest BCUT2D eigenvalue weighted by Gasteiger charge is -2.46. The largest absolute Gasteiger partial charge is 0.379 e. The average molecular weight is 274 g/mol. The van der Waals surface area contributed by atoms with Crippen LogP contribution in [0.4, 0.5) is 0 Å². The number of fused-ring (bicyclic) bond motifs is 1. The third kappa shape index (κ3) is 2.00. The van der Waals surface area contributed by atoms with Gasteiger partial charge in [-0.15, -0.1) is 0 Å². The number of nitrogens with zero attached hydrogens (tertiary/aromatic N) is 2. The third-order valence-electron chi connectivity index (χ3n) is 3.83. The van der Waals surface area contributed by atoms with Gasteiger partial charge >= 0.3 is 0 Å². The van der Waals surface area contributed by atoms with E-state index in [4.69, 9.17) is 17.0 Å². The van der Waals surface area contributed by atoms with E-state index >= 15 is 0 Å². The molecule has 2 heterocycles. The Bertz CT molecular complexity index is 323. The highest BCUT2D eigenvalue weighted by Crippen LogP contribution is 2.47. The van der Waals surface area contributed by atoms with E-state index in [2.05, 4.69) is 5.01 Å². The summed E-state index contributed by atoms with van der Waals surface area (Å²) in [6, 6.07) is 0. The molecule has 3 fully saturated rings. The molecule has 2 saturated heterocycles. The number of morpholine rings is 1. The number of aliphatic hydroxyl groups is 1. The highest BCUT2D eigenvalue weighted by molar-refractivity contribution is 8.23. The molecule has 17 heavy (non-hydrogen) atoms. The lowest BCUT2D eigenvalue weighted by molar-refractivity contribution is -0.189. The number of thioether (sulfide) groups is 1. The maximum absolute atomic E-state index is 10.9. The predicted molar refractivity (Wildman–Crippen MR) is 71.6 cm³/mol. The molecule has 0 aromatic carbocycles. The number of thiocarbonyl (C=S) groups is 1. The maximum Gasteiger partial charge on any atom is 0.165 e. The van der Waals surface area contributed by atoms with Crippen LogP contribution in [0.3, 0.4) is 0 Å². The van der Waals surface area contributed by atoms with Gasteiger partial charge in [0.1, 0.15) is 0 Å². The van der Waals surface area contributed by atoms with Crippen LogP contribution in [0.25, 0.3) is 0 Å². The fourth-order valence-corrected chi connectivity index (χ4v) is 4.88. The van der Waals surface area contributed by atoms with Gasteiger partial charge in [-0.3, -0.25) is 5.01 Å². The molecule has 3 rings (SSSR count). The Hall–Kier alpha value is 0.120. The molecule has 1 N–H and O–H groups in total. The molecule has 3 aliphatic rings. The number of hydrogen-bond donors (Lipinski definition) is 1. The Morgan fingerprint density at radius 1 is 1.35 bits per heavy atom. The fourth-order valence-electron chi connectivity index (χ4n) is 2.95. The van der Waals surface area contributed by atoms with E-state index in [-0.39, 0.29) is 5.25 Å². The second-order valence-electron chi connectivity index (χ2n) is 4.87. The van der Waals surface area contributed by atoms with E-state index in [0.29, 0.717) is 0 Å². The summed E-state index contributed by atoms with van der Waals surface area (Å²) in [5, 5.41) is 15.3. The highest BCUT2D eigenvalue weighted by atomic mass is 32.2. The smallest absolute Gasteiger partial charge is 0.165 e. The summed E-state index contributed by atoms with van der Waals surface area (Å²) in [5.74, 6) is 0. The van der Waals surface area contributed by atoms with Crippen LogP contribution in [0.5, 0.6) is 0 Å². The number of rotatable bonds is 1. The summed E-state index contributed by atoms with van der Waals surface area (Å²) in [7, 11) is 0. The lowest BCUT2D eigenvalue weighted by atomic mass is 9.91. The maximum atomic E-state index is 10.9. The zero-order chi connectivity index (χ0) is 11.9. The molecule has 2 atom stereocenters. The Labute approximate surface area is 111 Å². The molecule has 96 valence electrons. The van der Waals surface area contributed by atoms with Crippen molar-refractivity contribution in [2.45, 2.75) is 36.7 Å². The van der Waals surface area contributed by atoms with Crippen molar-refractivity contribution in [1.29, 1.82) is 0 Å². The molecule has 0 aromatic rings. The molecule has 0 spiro atoms. The van der Waals surface area contributed by atoms with Crippen LogP contribution in [0.15, 0.2) is 0 Å². The zero-order valence-electron chi connectivity index (χ0n) is 9.80. The van der Waals surface area contributed by atoms with Gasteiger partial charge in [0, 0.05) is 13.1 Å². The first-order valence-electron chi connectivity index (χ1n) is 6.28. The van der Waals surface area contributed by atoms with E-state index in [1.54, 1.807) is 11.8 Å². The van der Waals surface area contributed by atoms with Gasteiger partial charge in [0.25, 0.3) is 0 Å². The molecule has 0 aromatic heterocycles. The van der Waals surface area contributed by atoms with Crippen molar-refractivity contribution >= 4 is 28.3 Å². The van der Waals surface area contributed by atoms with E-state index in [0.717, 1.165) is 49.9 Å². The SMILES string of the molecule is OC12CCCCC1SC(=S)N2N1CCOCC1. The van der Waals surface area contributed by atoms with Gasteiger partial charge in [0.15, 0.2) is 10.0 Å². The molecular formula is C11H18N2O2S2. The van der Waals surface area contributed by atoms with Crippen molar-refractivity contribution in [2.75, 3.05) is 26.3 Å². The van der Waals surface area contributed by atoms with Crippen LogP contribution >= 0.6 is 24.0 Å². The van der Waals surface area contributed by atoms with E-state index in [1.165, 1.54) is 6.42 Å². The van der Waals surface area contributed by atoms with Crippen LogP contribution < -0.4 is 0 Å². The number of ether oxygens (including phenoxy) is 1. The predicted octanol–water partition coefficient (Wildman–Crippen LogP) is 1.20. The van der Waals surface area contributed by atoms with Gasteiger partial charge in [-0.2, -0.15) is 0 Å². The van der Waals surface area contributed by atoms with Crippen molar-refractivity contribution in [3.63, 3.8) is 0 Å². The quantitative estimate of drug-likeness (QED) is 0.724. The Morgan fingerprint density at radius 3 is 2.88 bits per heavy atom. The van der Waals surface area contributed by atoms with E-state index in [1.807, 2.05) is 5.01 Å². The summed E-state index contributed by atoms with van der Waals surface area (Å²) in [4.78, 5) is 0. The molecule has 4 nitrogen and oxygen atoms in total. The van der Waals surface area contributed by atoms with Crippen molar-refractivity contribution < 1.29 is 9.84 Å². The summed E-state index contributed by atoms with van der Waals surface area (Å²) in [5.41, 5.74) is -0.739. The minimum atomic E-state index is -0.739. The third-order valence-corrected chi connectivity index (χ3v) is 5.56. The minimum absolute atomic E-state index is 0.256. The first-order chi connectivity index (χ1) is 8.22. The van der Waals surface area contributed by atoms with Gasteiger partial charge in [-0.05, 0) is 19.3 Å².